The molecule has 0 amide bonds. The van der Waals surface area contributed by atoms with Gasteiger partial charge in [-0.3, -0.25) is 0 Å². The van der Waals surface area contributed by atoms with Gasteiger partial charge in [0.1, 0.15) is 0 Å². The summed E-state index contributed by atoms with van der Waals surface area (Å²) in [6.45, 7) is 4.89. The van der Waals surface area contributed by atoms with Crippen LogP contribution in [0.25, 0.3) is 0 Å². The largest absolute Gasteiger partial charge is 1.00 e. The van der Waals surface area contributed by atoms with Crippen LogP contribution < -0.4 is 42.4 Å². The van der Waals surface area contributed by atoms with E-state index in [0.717, 1.165) is 0 Å². The molecule has 0 heterocycles. The first kappa shape index (κ1) is 20.8. The van der Waals surface area contributed by atoms with Crippen LogP contribution in [0.2, 0.25) is 16.4 Å². The van der Waals surface area contributed by atoms with Crippen LogP contribution in [0.15, 0.2) is 54.6 Å². The molecule has 1 aliphatic carbocycles. The molecular formula is C13H15Cl3SiTi. The molecule has 0 nitrogen and oxygen atoms in total. The van der Waals surface area contributed by atoms with Crippen LogP contribution >= 0.6 is 0 Å². The van der Waals surface area contributed by atoms with Gasteiger partial charge >= 0.3 is 105 Å². The van der Waals surface area contributed by atoms with Gasteiger partial charge in [-0.05, 0) is 0 Å². The first-order valence-electron chi connectivity index (χ1n) is 5.24. The van der Waals surface area contributed by atoms with Crippen LogP contribution in [0.5, 0.6) is 0 Å². The van der Waals surface area contributed by atoms with Gasteiger partial charge in [-0.25, -0.2) is 0 Å². The SMILES string of the molecule is C[Si](C)(c1ccccc1)[C]1([Ti+3])C=CC=C1.[Cl-].[Cl-].[Cl-]. The molecule has 5 heteroatoms. The van der Waals surface area contributed by atoms with Crippen molar-refractivity contribution in [2.24, 2.45) is 0 Å². The number of rotatable bonds is 2. The molecule has 0 spiro atoms. The molecule has 0 radical (unpaired) electrons. The van der Waals surface area contributed by atoms with Gasteiger partial charge < -0.3 is 37.2 Å². The fourth-order valence-corrected chi connectivity index (χ4v) is 5.49. The van der Waals surface area contributed by atoms with Crippen molar-refractivity contribution >= 4 is 13.3 Å². The van der Waals surface area contributed by atoms with Gasteiger partial charge in [0.2, 0.25) is 0 Å². The molecule has 96 valence electrons. The Morgan fingerprint density at radius 2 is 1.33 bits per heavy atom. The van der Waals surface area contributed by atoms with Crippen LogP contribution in [-0.2, 0) is 20.4 Å². The van der Waals surface area contributed by atoms with E-state index < -0.39 is 8.07 Å². The summed E-state index contributed by atoms with van der Waals surface area (Å²) in [6.07, 6.45) is 9.06. The molecule has 0 atom stereocenters. The zero-order valence-corrected chi connectivity index (χ0v) is 15.2. The fraction of sp³-hybridized carbons (Fsp3) is 0.231. The predicted octanol–water partition coefficient (Wildman–Crippen LogP) is -6.02. The Morgan fingerprint density at radius 3 is 1.78 bits per heavy atom. The second kappa shape index (κ2) is 7.94. The van der Waals surface area contributed by atoms with Crippen molar-refractivity contribution in [1.29, 1.82) is 0 Å². The quantitative estimate of drug-likeness (QED) is 0.465. The van der Waals surface area contributed by atoms with Crippen LogP contribution in [0.4, 0.5) is 0 Å². The maximum Gasteiger partial charge on any atom is -1.00 e. The first-order valence-corrected chi connectivity index (χ1v) is 9.02. The molecule has 1 aromatic carbocycles. The Kier molecular flexibility index (Phi) is 9.18. The maximum atomic E-state index is 2.45. The standard InChI is InChI=1S/C13H15Si.3ClH.Ti/c1-14(2,13-10-6-7-11-13)12-8-4-3-5-9-12;;;;/h3-11H,1-2H3;3*1H;/q;;;;+3/p-3. The summed E-state index contributed by atoms with van der Waals surface area (Å²) >= 11 is 2.35. The van der Waals surface area contributed by atoms with E-state index >= 15 is 0 Å². The van der Waals surface area contributed by atoms with Gasteiger partial charge in [0.15, 0.2) is 0 Å². The summed E-state index contributed by atoms with van der Waals surface area (Å²) in [5, 5.41) is 1.53. The van der Waals surface area contributed by atoms with Gasteiger partial charge in [-0.15, -0.1) is 0 Å². The van der Waals surface area contributed by atoms with Gasteiger partial charge in [0.05, 0.1) is 0 Å². The smallest absolute Gasteiger partial charge is 1.00 e. The average Bonchev–Trinajstić information content (AvgIpc) is 2.68. The summed E-state index contributed by atoms with van der Waals surface area (Å²) in [6, 6.07) is 10.9. The van der Waals surface area contributed by atoms with Crippen molar-refractivity contribution in [2.75, 3.05) is 0 Å². The fourth-order valence-electron chi connectivity index (χ4n) is 1.98. The average molecular weight is 354 g/mol. The Balaban J connectivity index is 0. The van der Waals surface area contributed by atoms with Crippen molar-refractivity contribution in [3.05, 3.63) is 54.6 Å². The third kappa shape index (κ3) is 3.75. The van der Waals surface area contributed by atoms with Crippen molar-refractivity contribution < 1.29 is 57.7 Å². The van der Waals surface area contributed by atoms with Crippen LogP contribution in [0, 0.1) is 0 Å². The maximum absolute atomic E-state index is 2.45. The van der Waals surface area contributed by atoms with Gasteiger partial charge in [-0.1, -0.05) is 0 Å². The van der Waals surface area contributed by atoms with Crippen LogP contribution in [-0.4, -0.2) is 8.07 Å². The molecule has 1 aromatic rings. The summed E-state index contributed by atoms with van der Waals surface area (Å²) in [7, 11) is -1.44. The van der Waals surface area contributed by atoms with Gasteiger partial charge in [0.25, 0.3) is 0 Å². The second-order valence-corrected chi connectivity index (χ2v) is 11.3. The topological polar surface area (TPSA) is 0 Å². The van der Waals surface area contributed by atoms with E-state index in [1.54, 1.807) is 0 Å². The van der Waals surface area contributed by atoms with Crippen molar-refractivity contribution in [1.82, 2.24) is 0 Å². The molecule has 1 aliphatic rings. The number of hydrogen-bond acceptors (Lipinski definition) is 0. The number of halogens is 3. The summed E-state index contributed by atoms with van der Waals surface area (Å²) < 4.78 is 0.272. The molecule has 0 aliphatic heterocycles. The van der Waals surface area contributed by atoms with Gasteiger partial charge in [0, 0.05) is 0 Å². The molecular weight excluding hydrogens is 338 g/mol. The molecule has 0 N–H and O–H groups in total. The van der Waals surface area contributed by atoms with Crippen molar-refractivity contribution in [2.45, 2.75) is 16.4 Å². The Bertz CT molecular complexity index is 404. The number of hydrogen-bond donors (Lipinski definition) is 0. The van der Waals surface area contributed by atoms with E-state index in [4.69, 9.17) is 0 Å². The van der Waals surface area contributed by atoms with E-state index in [9.17, 15) is 0 Å². The summed E-state index contributed by atoms with van der Waals surface area (Å²) in [4.78, 5) is 0. The zero-order chi connectivity index (χ0) is 10.9. The third-order valence-electron chi connectivity index (χ3n) is 3.36. The van der Waals surface area contributed by atoms with Gasteiger partial charge in [-0.2, -0.15) is 0 Å². The Morgan fingerprint density at radius 1 is 0.889 bits per heavy atom. The van der Waals surface area contributed by atoms with E-state index in [1.807, 2.05) is 0 Å². The molecule has 0 unspecified atom stereocenters. The molecule has 0 fully saturated rings. The predicted molar refractivity (Wildman–Crippen MR) is 64.5 cm³/mol. The molecule has 18 heavy (non-hydrogen) atoms. The van der Waals surface area contributed by atoms with Crippen LogP contribution in [0.3, 0.4) is 0 Å². The van der Waals surface area contributed by atoms with E-state index in [-0.39, 0.29) is 40.6 Å². The minimum absolute atomic E-state index is 0. The minimum atomic E-state index is -1.44. The normalized spacial score (nSPS) is 15.3. The first-order chi connectivity index (χ1) is 7.06. The summed E-state index contributed by atoms with van der Waals surface area (Å²) in [5.41, 5.74) is 0. The Labute approximate surface area is 141 Å². The molecule has 2 rings (SSSR count). The van der Waals surface area contributed by atoms with E-state index in [2.05, 4.69) is 88.2 Å². The summed E-state index contributed by atoms with van der Waals surface area (Å²) in [5.74, 6) is 0. The molecule has 0 saturated carbocycles. The van der Waals surface area contributed by atoms with Crippen molar-refractivity contribution in [3.63, 3.8) is 0 Å². The Hall–Kier alpha value is 0.501. The molecule has 0 saturated heterocycles. The van der Waals surface area contributed by atoms with Crippen LogP contribution in [0.1, 0.15) is 0 Å². The minimum Gasteiger partial charge on any atom is -1.00 e. The molecule has 0 aromatic heterocycles. The zero-order valence-electron chi connectivity index (χ0n) is 10.3. The number of benzene rings is 1. The monoisotopic (exact) mass is 352 g/mol. The van der Waals surface area contributed by atoms with E-state index in [1.165, 1.54) is 5.19 Å². The second-order valence-electron chi connectivity index (χ2n) is 4.58. The number of allylic oxidation sites excluding steroid dienone is 4. The van der Waals surface area contributed by atoms with Crippen molar-refractivity contribution in [3.8, 4) is 0 Å². The molecule has 0 bridgehead atoms. The third-order valence-corrected chi connectivity index (χ3v) is 11.0. The van der Waals surface area contributed by atoms with E-state index in [0.29, 0.717) is 0 Å².